The first kappa shape index (κ1) is 17.9. The van der Waals surface area contributed by atoms with E-state index in [2.05, 4.69) is 22.2 Å². The SMILES string of the molecule is CCn1c(SCC(=O)NC2CCC(C)CC2)nc2ncccc2c1=O. The topological polar surface area (TPSA) is 76.9 Å². The van der Waals surface area contributed by atoms with E-state index in [-0.39, 0.29) is 23.3 Å². The van der Waals surface area contributed by atoms with Crippen LogP contribution >= 0.6 is 11.8 Å². The molecule has 0 saturated heterocycles. The molecule has 1 aliphatic carbocycles. The highest BCUT2D eigenvalue weighted by molar-refractivity contribution is 7.99. The van der Waals surface area contributed by atoms with Crippen LogP contribution in [0.25, 0.3) is 11.0 Å². The van der Waals surface area contributed by atoms with Gasteiger partial charge in [0.25, 0.3) is 5.56 Å². The number of carbonyl (C=O) groups excluding carboxylic acids is 1. The smallest absolute Gasteiger partial charge is 0.263 e. The highest BCUT2D eigenvalue weighted by atomic mass is 32.2. The standard InChI is InChI=1S/C18H24N4O2S/c1-3-22-17(24)14-5-4-10-19-16(14)21-18(22)25-11-15(23)20-13-8-6-12(2)7-9-13/h4-5,10,12-13H,3,6-9,11H2,1-2H3,(H,20,23). The molecule has 0 radical (unpaired) electrons. The van der Waals surface area contributed by atoms with Crippen LogP contribution in [-0.2, 0) is 11.3 Å². The Kier molecular flexibility index (Phi) is 5.73. The number of nitrogens with zero attached hydrogens (tertiary/aromatic N) is 3. The summed E-state index contributed by atoms with van der Waals surface area (Å²) in [5.41, 5.74) is 0.325. The van der Waals surface area contributed by atoms with Crippen LogP contribution in [0.3, 0.4) is 0 Å². The van der Waals surface area contributed by atoms with Crippen molar-refractivity contribution in [2.24, 2.45) is 5.92 Å². The molecule has 0 unspecified atom stereocenters. The maximum atomic E-state index is 12.5. The van der Waals surface area contributed by atoms with E-state index in [0.717, 1.165) is 18.8 Å². The molecule has 2 aromatic heterocycles. The van der Waals surface area contributed by atoms with Crippen molar-refractivity contribution >= 4 is 28.7 Å². The monoisotopic (exact) mass is 360 g/mol. The fraction of sp³-hybridized carbons (Fsp3) is 0.556. The zero-order valence-electron chi connectivity index (χ0n) is 14.7. The van der Waals surface area contributed by atoms with Gasteiger partial charge in [0.2, 0.25) is 5.91 Å². The van der Waals surface area contributed by atoms with E-state index >= 15 is 0 Å². The van der Waals surface area contributed by atoms with Crippen molar-refractivity contribution in [3.8, 4) is 0 Å². The molecule has 25 heavy (non-hydrogen) atoms. The number of hydrogen-bond donors (Lipinski definition) is 1. The predicted octanol–water partition coefficient (Wildman–Crippen LogP) is 2.60. The minimum absolute atomic E-state index is 0.00238. The van der Waals surface area contributed by atoms with Crippen molar-refractivity contribution < 1.29 is 4.79 Å². The number of nitrogens with one attached hydrogen (secondary N) is 1. The van der Waals surface area contributed by atoms with Crippen LogP contribution in [0.1, 0.15) is 39.5 Å². The number of rotatable bonds is 5. The summed E-state index contributed by atoms with van der Waals surface area (Å²) in [7, 11) is 0. The second-order valence-electron chi connectivity index (χ2n) is 6.63. The largest absolute Gasteiger partial charge is 0.353 e. The van der Waals surface area contributed by atoms with Gasteiger partial charge in [-0.1, -0.05) is 18.7 Å². The minimum Gasteiger partial charge on any atom is -0.353 e. The zero-order valence-corrected chi connectivity index (χ0v) is 15.5. The highest BCUT2D eigenvalue weighted by Crippen LogP contribution is 2.23. The number of pyridine rings is 1. The number of amides is 1. The molecule has 1 aliphatic rings. The number of carbonyl (C=O) groups is 1. The third-order valence-corrected chi connectivity index (χ3v) is 5.70. The first-order valence-electron chi connectivity index (χ1n) is 8.86. The summed E-state index contributed by atoms with van der Waals surface area (Å²) in [6.07, 6.45) is 6.07. The van der Waals surface area contributed by atoms with Crippen molar-refractivity contribution in [3.63, 3.8) is 0 Å². The van der Waals surface area contributed by atoms with Gasteiger partial charge in [-0.05, 0) is 50.7 Å². The lowest BCUT2D eigenvalue weighted by Crippen LogP contribution is -2.38. The van der Waals surface area contributed by atoms with E-state index in [0.29, 0.717) is 22.7 Å². The van der Waals surface area contributed by atoms with Gasteiger partial charge in [-0.15, -0.1) is 0 Å². The molecule has 1 N–H and O–H groups in total. The molecule has 134 valence electrons. The van der Waals surface area contributed by atoms with E-state index in [4.69, 9.17) is 0 Å². The van der Waals surface area contributed by atoms with Crippen molar-refractivity contribution in [2.75, 3.05) is 5.75 Å². The first-order chi connectivity index (χ1) is 12.1. The lowest BCUT2D eigenvalue weighted by atomic mass is 9.87. The van der Waals surface area contributed by atoms with E-state index in [1.165, 1.54) is 24.6 Å². The van der Waals surface area contributed by atoms with Crippen LogP contribution in [0, 0.1) is 5.92 Å². The van der Waals surface area contributed by atoms with Crippen LogP contribution in [0.15, 0.2) is 28.3 Å². The number of hydrogen-bond acceptors (Lipinski definition) is 5. The highest BCUT2D eigenvalue weighted by Gasteiger charge is 2.20. The Morgan fingerprint density at radius 3 is 2.84 bits per heavy atom. The summed E-state index contributed by atoms with van der Waals surface area (Å²) >= 11 is 1.30. The van der Waals surface area contributed by atoms with Gasteiger partial charge in [0.15, 0.2) is 10.8 Å². The Morgan fingerprint density at radius 2 is 2.12 bits per heavy atom. The molecule has 0 aliphatic heterocycles. The Morgan fingerprint density at radius 1 is 1.36 bits per heavy atom. The fourth-order valence-corrected chi connectivity index (χ4v) is 4.09. The molecule has 0 bridgehead atoms. The van der Waals surface area contributed by atoms with Gasteiger partial charge in [-0.2, -0.15) is 0 Å². The predicted molar refractivity (Wildman–Crippen MR) is 99.8 cm³/mol. The van der Waals surface area contributed by atoms with E-state index in [1.807, 2.05) is 6.92 Å². The van der Waals surface area contributed by atoms with Gasteiger partial charge in [0, 0.05) is 18.8 Å². The van der Waals surface area contributed by atoms with Crippen molar-refractivity contribution in [3.05, 3.63) is 28.7 Å². The maximum absolute atomic E-state index is 12.5. The fourth-order valence-electron chi connectivity index (χ4n) is 3.23. The summed E-state index contributed by atoms with van der Waals surface area (Å²) in [6.45, 7) is 4.68. The van der Waals surface area contributed by atoms with Gasteiger partial charge in [0.05, 0.1) is 11.1 Å². The van der Waals surface area contributed by atoms with E-state index in [1.54, 1.807) is 22.9 Å². The molecular weight excluding hydrogens is 336 g/mol. The molecule has 6 nitrogen and oxygen atoms in total. The molecule has 2 aromatic rings. The van der Waals surface area contributed by atoms with E-state index < -0.39 is 0 Å². The molecule has 7 heteroatoms. The summed E-state index contributed by atoms with van der Waals surface area (Å²) in [5, 5.41) is 4.16. The van der Waals surface area contributed by atoms with Gasteiger partial charge in [-0.3, -0.25) is 14.2 Å². The average molecular weight is 360 g/mol. The summed E-state index contributed by atoms with van der Waals surface area (Å²) in [4.78, 5) is 33.4. The molecule has 2 heterocycles. The molecular formula is C18H24N4O2S. The third-order valence-electron chi connectivity index (χ3n) is 4.72. The van der Waals surface area contributed by atoms with Gasteiger partial charge < -0.3 is 5.32 Å². The Labute approximate surface area is 151 Å². The van der Waals surface area contributed by atoms with Crippen LogP contribution in [0.2, 0.25) is 0 Å². The third kappa shape index (κ3) is 4.21. The van der Waals surface area contributed by atoms with Gasteiger partial charge in [0.1, 0.15) is 0 Å². The van der Waals surface area contributed by atoms with Crippen LogP contribution in [0.4, 0.5) is 0 Å². The average Bonchev–Trinajstić information content (AvgIpc) is 2.62. The minimum atomic E-state index is -0.107. The second kappa shape index (κ2) is 7.99. The van der Waals surface area contributed by atoms with Crippen LogP contribution in [-0.4, -0.2) is 32.2 Å². The molecule has 1 saturated carbocycles. The lowest BCUT2D eigenvalue weighted by molar-refractivity contribution is -0.119. The maximum Gasteiger partial charge on any atom is 0.263 e. The van der Waals surface area contributed by atoms with E-state index in [9.17, 15) is 9.59 Å². The summed E-state index contributed by atoms with van der Waals surface area (Å²) in [6, 6.07) is 3.75. The van der Waals surface area contributed by atoms with Crippen molar-refractivity contribution in [2.45, 2.75) is 57.3 Å². The van der Waals surface area contributed by atoms with Gasteiger partial charge >= 0.3 is 0 Å². The van der Waals surface area contributed by atoms with Crippen molar-refractivity contribution in [1.29, 1.82) is 0 Å². The van der Waals surface area contributed by atoms with Crippen molar-refractivity contribution in [1.82, 2.24) is 19.9 Å². The molecule has 0 atom stereocenters. The first-order valence-corrected chi connectivity index (χ1v) is 9.84. The molecule has 1 fully saturated rings. The molecule has 3 rings (SSSR count). The summed E-state index contributed by atoms with van der Waals surface area (Å²) < 4.78 is 1.60. The zero-order chi connectivity index (χ0) is 17.8. The molecule has 0 aromatic carbocycles. The molecule has 1 amide bonds. The quantitative estimate of drug-likeness (QED) is 0.655. The number of thioether (sulfide) groups is 1. The second-order valence-corrected chi connectivity index (χ2v) is 7.57. The number of aromatic nitrogens is 3. The molecule has 0 spiro atoms. The lowest BCUT2D eigenvalue weighted by Gasteiger charge is -2.26. The normalized spacial score (nSPS) is 20.6. The van der Waals surface area contributed by atoms with Gasteiger partial charge in [-0.25, -0.2) is 9.97 Å². The Balaban J connectivity index is 1.68. The summed E-state index contributed by atoms with van der Waals surface area (Å²) in [5.74, 6) is 1.02. The number of fused-ring (bicyclic) bond motifs is 1. The van der Waals surface area contributed by atoms with Crippen LogP contribution in [0.5, 0.6) is 0 Å². The Hall–Kier alpha value is -1.89. The van der Waals surface area contributed by atoms with Crippen LogP contribution < -0.4 is 10.9 Å². The Bertz CT molecular complexity index is 812.